The van der Waals surface area contributed by atoms with Crippen LogP contribution in [0.4, 0.5) is 4.79 Å². The second-order valence-corrected chi connectivity index (χ2v) is 7.88. The van der Waals surface area contributed by atoms with Crippen LogP contribution in [-0.2, 0) is 14.2 Å². The van der Waals surface area contributed by atoms with Crippen molar-refractivity contribution < 1.29 is 23.5 Å². The molecule has 2 saturated heterocycles. The minimum atomic E-state index is -0.300. The van der Waals surface area contributed by atoms with Gasteiger partial charge in [-0.2, -0.15) is 10.1 Å². The first-order valence-electron chi connectivity index (χ1n) is 10.5. The lowest BCUT2D eigenvalue weighted by molar-refractivity contribution is -0.0266. The molecule has 0 spiro atoms. The molecule has 31 heavy (non-hydrogen) atoms. The van der Waals surface area contributed by atoms with Gasteiger partial charge in [0.05, 0.1) is 37.6 Å². The summed E-state index contributed by atoms with van der Waals surface area (Å²) in [6, 6.07) is 6.31. The van der Waals surface area contributed by atoms with E-state index in [1.807, 2.05) is 29.1 Å². The molecule has 0 unspecified atom stereocenters. The summed E-state index contributed by atoms with van der Waals surface area (Å²) in [5.41, 5.74) is 1.90. The highest BCUT2D eigenvalue weighted by atomic mass is 16.6. The van der Waals surface area contributed by atoms with Crippen LogP contribution in [0.3, 0.4) is 0 Å². The number of fused-ring (bicyclic) bond motifs is 1. The minimum Gasteiger partial charge on any atom is -0.447 e. The Morgan fingerprint density at radius 1 is 1.23 bits per heavy atom. The average Bonchev–Trinajstić information content (AvgIpc) is 3.40. The predicted molar refractivity (Wildman–Crippen MR) is 110 cm³/mol. The molecule has 0 bridgehead atoms. The number of methoxy groups -OCH3 is 1. The molecule has 2 fully saturated rings. The summed E-state index contributed by atoms with van der Waals surface area (Å²) in [4.78, 5) is 18.4. The highest BCUT2D eigenvalue weighted by Crippen LogP contribution is 2.30. The molecule has 5 rings (SSSR count). The summed E-state index contributed by atoms with van der Waals surface area (Å²) in [6.07, 6.45) is 3.11. The Balaban J connectivity index is 1.25. The Morgan fingerprint density at radius 3 is 2.81 bits per heavy atom. The summed E-state index contributed by atoms with van der Waals surface area (Å²) in [6.45, 7) is 3.24. The first-order chi connectivity index (χ1) is 15.2. The fourth-order valence-electron chi connectivity index (χ4n) is 3.97. The maximum absolute atomic E-state index is 12.1. The van der Waals surface area contributed by atoms with E-state index in [0.29, 0.717) is 44.6 Å². The first kappa shape index (κ1) is 20.0. The van der Waals surface area contributed by atoms with E-state index in [-0.39, 0.29) is 24.7 Å². The van der Waals surface area contributed by atoms with Crippen LogP contribution in [0.2, 0.25) is 0 Å². The Hall–Kier alpha value is -2.98. The molecule has 2 aliphatic rings. The first-order valence-corrected chi connectivity index (χ1v) is 10.5. The van der Waals surface area contributed by atoms with Crippen molar-refractivity contribution in [3.8, 4) is 11.5 Å². The number of rotatable bonds is 6. The molecule has 0 saturated carbocycles. The predicted octanol–water partition coefficient (Wildman–Crippen LogP) is 2.62. The number of aromatic nitrogens is 4. The Labute approximate surface area is 179 Å². The molecule has 0 atom stereocenters. The SMILES string of the molecule is COCCOC(=O)N1CCC(c2noc(-c3ccc4cnn(C5COC5)c4c3)n2)CC1. The van der Waals surface area contributed by atoms with Crippen molar-refractivity contribution in [2.75, 3.05) is 46.6 Å². The molecule has 0 N–H and O–H groups in total. The van der Waals surface area contributed by atoms with E-state index in [0.717, 1.165) is 29.3 Å². The van der Waals surface area contributed by atoms with Crippen molar-refractivity contribution in [2.24, 2.45) is 0 Å². The lowest BCUT2D eigenvalue weighted by Crippen LogP contribution is -2.38. The van der Waals surface area contributed by atoms with Gasteiger partial charge in [0.15, 0.2) is 5.82 Å². The van der Waals surface area contributed by atoms with Gasteiger partial charge in [0.2, 0.25) is 0 Å². The Bertz CT molecular complexity index is 1050. The van der Waals surface area contributed by atoms with Gasteiger partial charge in [0.1, 0.15) is 6.61 Å². The van der Waals surface area contributed by atoms with E-state index >= 15 is 0 Å². The van der Waals surface area contributed by atoms with Crippen LogP contribution in [0.1, 0.15) is 30.6 Å². The monoisotopic (exact) mass is 427 g/mol. The molecule has 2 aliphatic heterocycles. The third-order valence-corrected chi connectivity index (χ3v) is 5.88. The third kappa shape index (κ3) is 4.00. The van der Waals surface area contributed by atoms with E-state index in [1.54, 1.807) is 12.0 Å². The molecule has 1 aromatic carbocycles. The number of ether oxygens (including phenoxy) is 3. The number of likely N-dealkylation sites (tertiary alicyclic amines) is 1. The van der Waals surface area contributed by atoms with Gasteiger partial charge in [0, 0.05) is 37.1 Å². The highest BCUT2D eigenvalue weighted by Gasteiger charge is 2.28. The summed E-state index contributed by atoms with van der Waals surface area (Å²) < 4.78 is 23.0. The van der Waals surface area contributed by atoms with Gasteiger partial charge in [-0.1, -0.05) is 11.2 Å². The Kier molecular flexibility index (Phi) is 5.56. The fourth-order valence-corrected chi connectivity index (χ4v) is 3.97. The molecule has 1 amide bonds. The van der Waals surface area contributed by atoms with Crippen molar-refractivity contribution in [1.82, 2.24) is 24.8 Å². The van der Waals surface area contributed by atoms with Crippen LogP contribution in [0, 0.1) is 0 Å². The second kappa shape index (κ2) is 8.64. The zero-order valence-corrected chi connectivity index (χ0v) is 17.4. The maximum Gasteiger partial charge on any atom is 0.409 e. The van der Waals surface area contributed by atoms with E-state index in [4.69, 9.17) is 18.7 Å². The molecular formula is C21H25N5O5. The fraction of sp³-hybridized carbons (Fsp3) is 0.524. The van der Waals surface area contributed by atoms with E-state index in [1.165, 1.54) is 0 Å². The van der Waals surface area contributed by atoms with Gasteiger partial charge < -0.3 is 23.6 Å². The summed E-state index contributed by atoms with van der Waals surface area (Å²) >= 11 is 0. The number of carbonyl (C=O) groups excluding carboxylic acids is 1. The zero-order chi connectivity index (χ0) is 21.2. The van der Waals surface area contributed by atoms with Crippen molar-refractivity contribution >= 4 is 17.0 Å². The van der Waals surface area contributed by atoms with E-state index in [9.17, 15) is 4.79 Å². The summed E-state index contributed by atoms with van der Waals surface area (Å²) in [5.74, 6) is 1.33. The minimum absolute atomic E-state index is 0.155. The average molecular weight is 427 g/mol. The van der Waals surface area contributed by atoms with Crippen LogP contribution >= 0.6 is 0 Å². The number of nitrogens with zero attached hydrogens (tertiary/aromatic N) is 5. The van der Waals surface area contributed by atoms with Crippen molar-refractivity contribution in [2.45, 2.75) is 24.8 Å². The lowest BCUT2D eigenvalue weighted by Gasteiger charge is -2.29. The normalized spacial score (nSPS) is 17.8. The number of amides is 1. The van der Waals surface area contributed by atoms with E-state index in [2.05, 4.69) is 15.2 Å². The van der Waals surface area contributed by atoms with Crippen LogP contribution in [0.15, 0.2) is 28.9 Å². The third-order valence-electron chi connectivity index (χ3n) is 5.88. The standard InChI is InChI=1S/C21H25N5O5/c1-28-8-9-30-21(27)25-6-4-14(5-7-25)19-23-20(31-24-19)15-2-3-16-11-22-26(18(16)10-15)17-12-29-13-17/h2-3,10-11,14,17H,4-9,12-13H2,1H3. The van der Waals surface area contributed by atoms with Gasteiger partial charge in [-0.15, -0.1) is 0 Å². The van der Waals surface area contributed by atoms with Gasteiger partial charge in [-0.25, -0.2) is 4.79 Å². The smallest absolute Gasteiger partial charge is 0.409 e. The Morgan fingerprint density at radius 2 is 2.06 bits per heavy atom. The quantitative estimate of drug-likeness (QED) is 0.553. The number of benzene rings is 1. The lowest BCUT2D eigenvalue weighted by atomic mass is 9.96. The molecule has 0 radical (unpaired) electrons. The molecule has 2 aromatic heterocycles. The number of hydrogen-bond acceptors (Lipinski definition) is 8. The molecule has 10 nitrogen and oxygen atoms in total. The highest BCUT2D eigenvalue weighted by molar-refractivity contribution is 5.83. The van der Waals surface area contributed by atoms with Crippen LogP contribution in [0.5, 0.6) is 0 Å². The number of hydrogen-bond donors (Lipinski definition) is 0. The van der Waals surface area contributed by atoms with Crippen LogP contribution in [0.25, 0.3) is 22.4 Å². The van der Waals surface area contributed by atoms with Crippen molar-refractivity contribution in [1.29, 1.82) is 0 Å². The molecule has 3 aromatic rings. The van der Waals surface area contributed by atoms with E-state index < -0.39 is 0 Å². The molecule has 164 valence electrons. The molecular weight excluding hydrogens is 402 g/mol. The van der Waals surface area contributed by atoms with Gasteiger partial charge in [0.25, 0.3) is 5.89 Å². The van der Waals surface area contributed by atoms with Crippen LogP contribution < -0.4 is 0 Å². The maximum atomic E-state index is 12.1. The number of carbonyl (C=O) groups is 1. The van der Waals surface area contributed by atoms with Crippen molar-refractivity contribution in [3.05, 3.63) is 30.2 Å². The summed E-state index contributed by atoms with van der Waals surface area (Å²) in [5, 5.41) is 9.79. The topological polar surface area (TPSA) is 105 Å². The van der Waals surface area contributed by atoms with Crippen molar-refractivity contribution in [3.63, 3.8) is 0 Å². The van der Waals surface area contributed by atoms with Gasteiger partial charge >= 0.3 is 6.09 Å². The van der Waals surface area contributed by atoms with Crippen LogP contribution in [-0.4, -0.2) is 77.5 Å². The number of piperidine rings is 1. The van der Waals surface area contributed by atoms with Gasteiger partial charge in [-0.3, -0.25) is 4.68 Å². The second-order valence-electron chi connectivity index (χ2n) is 7.88. The molecule has 0 aliphatic carbocycles. The molecule has 10 heteroatoms. The molecule has 4 heterocycles. The zero-order valence-electron chi connectivity index (χ0n) is 17.4. The van der Waals surface area contributed by atoms with Gasteiger partial charge in [-0.05, 0) is 25.0 Å². The summed E-state index contributed by atoms with van der Waals surface area (Å²) in [7, 11) is 1.58. The largest absolute Gasteiger partial charge is 0.447 e.